The normalized spacial score (nSPS) is 18.7. The first-order chi connectivity index (χ1) is 13.1. The van der Waals surface area contributed by atoms with Gasteiger partial charge in [0.05, 0.1) is 12.3 Å². The van der Waals surface area contributed by atoms with Gasteiger partial charge >= 0.3 is 0 Å². The number of benzene rings is 2. The molecule has 1 saturated carbocycles. The summed E-state index contributed by atoms with van der Waals surface area (Å²) in [5.74, 6) is 0.348. The van der Waals surface area contributed by atoms with Crippen LogP contribution in [0.5, 0.6) is 0 Å². The molecule has 6 heteroatoms. The average Bonchev–Trinajstić information content (AvgIpc) is 3.40. The van der Waals surface area contributed by atoms with Crippen LogP contribution in [0.4, 0.5) is 0 Å². The Hall–Kier alpha value is -2.04. The minimum absolute atomic E-state index is 0.141. The molecule has 4 nitrogen and oxygen atoms in total. The maximum Gasteiger partial charge on any atom is 0.226 e. The predicted octanol–water partition coefficient (Wildman–Crippen LogP) is 4.93. The number of oxime groups is 1. The molecule has 1 aliphatic carbocycles. The Bertz CT molecular complexity index is 863. The number of amides is 1. The molecule has 1 aliphatic heterocycles. The van der Waals surface area contributed by atoms with E-state index in [4.69, 9.17) is 28.0 Å². The van der Waals surface area contributed by atoms with Crippen molar-refractivity contribution in [3.63, 3.8) is 0 Å². The molecule has 4 rings (SSSR count). The van der Waals surface area contributed by atoms with Gasteiger partial charge in [0.25, 0.3) is 0 Å². The van der Waals surface area contributed by atoms with E-state index in [1.807, 2.05) is 53.4 Å². The maximum atomic E-state index is 12.8. The van der Waals surface area contributed by atoms with E-state index in [1.54, 1.807) is 0 Å². The van der Waals surface area contributed by atoms with Crippen LogP contribution in [-0.4, -0.2) is 29.2 Å². The van der Waals surface area contributed by atoms with Gasteiger partial charge < -0.3 is 9.74 Å². The molecule has 0 saturated heterocycles. The highest BCUT2D eigenvalue weighted by Crippen LogP contribution is 2.32. The molecule has 1 amide bonds. The van der Waals surface area contributed by atoms with Gasteiger partial charge in [-0.15, -0.1) is 0 Å². The fraction of sp³-hybridized carbons (Fsp3) is 0.333. The molecule has 27 heavy (non-hydrogen) atoms. The van der Waals surface area contributed by atoms with Crippen molar-refractivity contribution in [2.45, 2.75) is 31.9 Å². The quantitative estimate of drug-likeness (QED) is 0.687. The number of hydrogen-bond donors (Lipinski definition) is 0. The number of rotatable bonds is 6. The van der Waals surface area contributed by atoms with Gasteiger partial charge in [0.15, 0.2) is 6.10 Å². The summed E-state index contributed by atoms with van der Waals surface area (Å²) >= 11 is 12.0. The first-order valence-electron chi connectivity index (χ1n) is 9.10. The van der Waals surface area contributed by atoms with Crippen LogP contribution >= 0.6 is 23.2 Å². The number of nitrogens with zero attached hydrogens (tertiary/aromatic N) is 2. The highest BCUT2D eigenvalue weighted by atomic mass is 35.5. The fourth-order valence-electron chi connectivity index (χ4n) is 3.26. The van der Waals surface area contributed by atoms with Crippen molar-refractivity contribution < 1.29 is 9.63 Å². The number of hydrogen-bond acceptors (Lipinski definition) is 3. The Kier molecular flexibility index (Phi) is 5.37. The van der Waals surface area contributed by atoms with E-state index < -0.39 is 0 Å². The van der Waals surface area contributed by atoms with Crippen molar-refractivity contribution in [1.29, 1.82) is 0 Å². The Morgan fingerprint density at radius 2 is 1.89 bits per heavy atom. The van der Waals surface area contributed by atoms with E-state index in [2.05, 4.69) is 5.16 Å². The first-order valence-corrected chi connectivity index (χ1v) is 9.86. The van der Waals surface area contributed by atoms with Gasteiger partial charge in [0.1, 0.15) is 0 Å². The van der Waals surface area contributed by atoms with E-state index in [0.29, 0.717) is 29.6 Å². The second-order valence-electron chi connectivity index (χ2n) is 7.10. The summed E-state index contributed by atoms with van der Waals surface area (Å²) in [4.78, 5) is 20.3. The van der Waals surface area contributed by atoms with Crippen LogP contribution in [0.15, 0.2) is 53.7 Å². The van der Waals surface area contributed by atoms with E-state index in [9.17, 15) is 4.79 Å². The van der Waals surface area contributed by atoms with Crippen molar-refractivity contribution in [1.82, 2.24) is 4.90 Å². The summed E-state index contributed by atoms with van der Waals surface area (Å²) in [6.45, 7) is 1.05. The molecule has 1 atom stereocenters. The molecule has 1 heterocycles. The monoisotopic (exact) mass is 402 g/mol. The molecule has 0 N–H and O–H groups in total. The van der Waals surface area contributed by atoms with Gasteiger partial charge in [0, 0.05) is 28.9 Å². The number of carbonyl (C=O) groups is 1. The Morgan fingerprint density at radius 1 is 1.11 bits per heavy atom. The highest BCUT2D eigenvalue weighted by Gasteiger charge is 2.35. The molecular formula is C21H20Cl2N2O2. The first kappa shape index (κ1) is 18.3. The van der Waals surface area contributed by atoms with Crippen LogP contribution in [0.25, 0.3) is 0 Å². The molecular weight excluding hydrogens is 383 g/mol. The SMILES string of the molecule is O=C(C1CC1)N(Cc1cccc(Cl)c1)C[C@H]1CC(c2ccc(Cl)cc2)=NO1. The fourth-order valence-corrected chi connectivity index (χ4v) is 3.60. The van der Waals surface area contributed by atoms with Gasteiger partial charge in [-0.25, -0.2) is 0 Å². The zero-order valence-electron chi connectivity index (χ0n) is 14.8. The van der Waals surface area contributed by atoms with Crippen molar-refractivity contribution in [2.24, 2.45) is 11.1 Å². The van der Waals surface area contributed by atoms with Crippen LogP contribution < -0.4 is 0 Å². The maximum absolute atomic E-state index is 12.8. The number of halogens is 2. The molecule has 2 aromatic rings. The van der Waals surface area contributed by atoms with Gasteiger partial charge in [0.2, 0.25) is 5.91 Å². The smallest absolute Gasteiger partial charge is 0.226 e. The zero-order chi connectivity index (χ0) is 18.8. The third kappa shape index (κ3) is 4.63. The minimum Gasteiger partial charge on any atom is -0.390 e. The lowest BCUT2D eigenvalue weighted by molar-refractivity contribution is -0.135. The van der Waals surface area contributed by atoms with Crippen molar-refractivity contribution in [2.75, 3.05) is 6.54 Å². The lowest BCUT2D eigenvalue weighted by atomic mass is 10.0. The summed E-state index contributed by atoms with van der Waals surface area (Å²) in [5, 5.41) is 5.60. The molecule has 140 valence electrons. The number of carbonyl (C=O) groups excluding carboxylic acids is 1. The van der Waals surface area contributed by atoms with Crippen molar-refractivity contribution in [3.05, 3.63) is 69.7 Å². The molecule has 2 aromatic carbocycles. The summed E-state index contributed by atoms with van der Waals surface area (Å²) in [6, 6.07) is 15.2. The second-order valence-corrected chi connectivity index (χ2v) is 7.97. The minimum atomic E-state index is -0.141. The lowest BCUT2D eigenvalue weighted by Gasteiger charge is -2.25. The van der Waals surface area contributed by atoms with E-state index in [1.165, 1.54) is 0 Å². The Labute approximate surface area is 168 Å². The topological polar surface area (TPSA) is 41.9 Å². The summed E-state index contributed by atoms with van der Waals surface area (Å²) in [6.07, 6.45) is 2.48. The second kappa shape index (κ2) is 7.91. The van der Waals surface area contributed by atoms with Crippen LogP contribution in [-0.2, 0) is 16.2 Å². The Morgan fingerprint density at radius 3 is 2.59 bits per heavy atom. The average molecular weight is 403 g/mol. The molecule has 0 spiro atoms. The van der Waals surface area contributed by atoms with E-state index in [-0.39, 0.29) is 17.9 Å². The molecule has 0 aromatic heterocycles. The summed E-state index contributed by atoms with van der Waals surface area (Å²) < 4.78 is 0. The third-order valence-corrected chi connectivity index (χ3v) is 5.32. The van der Waals surface area contributed by atoms with E-state index >= 15 is 0 Å². The van der Waals surface area contributed by atoms with Crippen LogP contribution in [0.3, 0.4) is 0 Å². The highest BCUT2D eigenvalue weighted by molar-refractivity contribution is 6.31. The molecule has 2 aliphatic rings. The molecule has 0 bridgehead atoms. The predicted molar refractivity (Wildman–Crippen MR) is 107 cm³/mol. The molecule has 1 fully saturated rings. The van der Waals surface area contributed by atoms with Crippen LogP contribution in [0.1, 0.15) is 30.4 Å². The third-order valence-electron chi connectivity index (χ3n) is 4.84. The molecule has 0 unspecified atom stereocenters. The Balaban J connectivity index is 1.43. The van der Waals surface area contributed by atoms with Crippen LogP contribution in [0, 0.1) is 5.92 Å². The zero-order valence-corrected chi connectivity index (χ0v) is 16.3. The summed E-state index contributed by atoms with van der Waals surface area (Å²) in [7, 11) is 0. The van der Waals surface area contributed by atoms with Gasteiger partial charge in [-0.1, -0.05) is 52.6 Å². The van der Waals surface area contributed by atoms with E-state index in [0.717, 1.165) is 29.7 Å². The lowest BCUT2D eigenvalue weighted by Crippen LogP contribution is -2.38. The van der Waals surface area contributed by atoms with Gasteiger partial charge in [-0.3, -0.25) is 4.79 Å². The van der Waals surface area contributed by atoms with Gasteiger partial charge in [-0.2, -0.15) is 0 Å². The largest absolute Gasteiger partial charge is 0.390 e. The van der Waals surface area contributed by atoms with Gasteiger partial charge in [-0.05, 0) is 48.2 Å². The van der Waals surface area contributed by atoms with Crippen LogP contribution in [0.2, 0.25) is 10.0 Å². The molecule has 0 radical (unpaired) electrons. The standard InChI is InChI=1S/C21H20Cl2N2O2/c22-17-8-6-15(7-9-17)20-11-19(27-24-20)13-25(21(26)16-4-5-16)12-14-2-1-3-18(23)10-14/h1-3,6-10,16,19H,4-5,11-13H2/t19-/m1/s1. The summed E-state index contributed by atoms with van der Waals surface area (Å²) in [5.41, 5.74) is 2.91. The van der Waals surface area contributed by atoms with Crippen molar-refractivity contribution >= 4 is 34.8 Å². The van der Waals surface area contributed by atoms with Crippen molar-refractivity contribution in [3.8, 4) is 0 Å².